The topological polar surface area (TPSA) is 158 Å². The fourth-order valence-electron chi connectivity index (χ4n) is 6.20. The molecule has 4 aromatic carbocycles. The summed E-state index contributed by atoms with van der Waals surface area (Å²) in [6, 6.07) is 32.2. The van der Waals surface area contributed by atoms with Gasteiger partial charge < -0.3 is 24.6 Å². The Hall–Kier alpha value is -5.41. The van der Waals surface area contributed by atoms with Gasteiger partial charge in [0.1, 0.15) is 12.6 Å². The van der Waals surface area contributed by atoms with E-state index in [0.717, 1.165) is 27.3 Å². The Kier molecular flexibility index (Phi) is 10.7. The lowest BCUT2D eigenvalue weighted by Crippen LogP contribution is -2.42. The Balaban J connectivity index is 1.09. The molecule has 3 amide bonds. The van der Waals surface area contributed by atoms with Crippen LogP contribution in [0.25, 0.3) is 5.69 Å². The summed E-state index contributed by atoms with van der Waals surface area (Å²) in [4.78, 5) is 40.2. The number of benzene rings is 4. The van der Waals surface area contributed by atoms with Gasteiger partial charge in [-0.3, -0.25) is 9.59 Å². The number of hydrogen-bond donors (Lipinski definition) is 2. The van der Waals surface area contributed by atoms with E-state index in [0.29, 0.717) is 22.2 Å². The summed E-state index contributed by atoms with van der Waals surface area (Å²) in [7, 11) is 0. The number of aliphatic hydroxyl groups excluding tert-OH is 1. The van der Waals surface area contributed by atoms with E-state index in [1.165, 1.54) is 11.8 Å². The Morgan fingerprint density at radius 1 is 0.904 bits per heavy atom. The van der Waals surface area contributed by atoms with Crippen LogP contribution < -0.4 is 10.2 Å². The normalized spacial score (nSPS) is 21.7. The summed E-state index contributed by atoms with van der Waals surface area (Å²) in [5, 5.41) is 25.1. The third-order valence-corrected chi connectivity index (χ3v) is 10.0. The molecule has 13 nitrogen and oxygen atoms in total. The molecule has 0 aliphatic carbocycles. The minimum atomic E-state index is -1.07. The van der Waals surface area contributed by atoms with E-state index >= 15 is 0 Å². The highest BCUT2D eigenvalue weighted by Gasteiger charge is 2.42. The van der Waals surface area contributed by atoms with Crippen LogP contribution in [0, 0.1) is 5.92 Å². The molecule has 266 valence electrons. The van der Waals surface area contributed by atoms with E-state index in [1.54, 1.807) is 22.9 Å². The fraction of sp³-hybridized carbons (Fsp3) is 0.263. The number of hydrogen-bond acceptors (Lipinski definition) is 11. The lowest BCUT2D eigenvalue weighted by molar-refractivity contribution is -0.268. The quantitative estimate of drug-likeness (QED) is 0.135. The largest absolute Gasteiger partial charge is 0.445 e. The molecule has 7 rings (SSSR count). The summed E-state index contributed by atoms with van der Waals surface area (Å²) in [5.74, 6) is -0.633. The maximum absolute atomic E-state index is 13.5. The minimum absolute atomic E-state index is 0.0312. The maximum Gasteiger partial charge on any atom is 0.408 e. The van der Waals surface area contributed by atoms with E-state index in [4.69, 9.17) is 14.2 Å². The van der Waals surface area contributed by atoms with Crippen molar-refractivity contribution in [2.45, 2.75) is 56.3 Å². The van der Waals surface area contributed by atoms with Crippen molar-refractivity contribution in [3.8, 4) is 5.69 Å². The molecule has 3 heterocycles. The zero-order valence-corrected chi connectivity index (χ0v) is 29.0. The van der Waals surface area contributed by atoms with Gasteiger partial charge in [0.2, 0.25) is 11.1 Å². The first-order valence-electron chi connectivity index (χ1n) is 16.8. The van der Waals surface area contributed by atoms with Gasteiger partial charge in [0, 0.05) is 17.2 Å². The van der Waals surface area contributed by atoms with Crippen molar-refractivity contribution in [1.82, 2.24) is 25.5 Å². The average molecular weight is 721 g/mol. The summed E-state index contributed by atoms with van der Waals surface area (Å²) in [6.45, 7) is 2.01. The van der Waals surface area contributed by atoms with Crippen LogP contribution in [0.3, 0.4) is 0 Å². The van der Waals surface area contributed by atoms with Crippen LogP contribution >= 0.6 is 11.8 Å². The Labute approximate surface area is 303 Å². The van der Waals surface area contributed by atoms with E-state index < -0.39 is 36.3 Å². The van der Waals surface area contributed by atoms with Crippen molar-refractivity contribution in [3.63, 3.8) is 0 Å². The van der Waals surface area contributed by atoms with Crippen molar-refractivity contribution < 1.29 is 33.7 Å². The maximum atomic E-state index is 13.5. The second-order valence-corrected chi connectivity index (χ2v) is 13.5. The predicted octanol–water partition coefficient (Wildman–Crippen LogP) is 5.30. The molecule has 2 N–H and O–H groups in total. The summed E-state index contributed by atoms with van der Waals surface area (Å²) in [5.41, 5.74) is 4.26. The molecule has 2 fully saturated rings. The summed E-state index contributed by atoms with van der Waals surface area (Å²) >= 11 is 1.46. The van der Waals surface area contributed by atoms with Gasteiger partial charge in [-0.2, -0.15) is 4.68 Å². The number of para-hydroxylation sites is 1. The van der Waals surface area contributed by atoms with Gasteiger partial charge in [0.25, 0.3) is 5.91 Å². The van der Waals surface area contributed by atoms with Crippen LogP contribution in [0.5, 0.6) is 0 Å². The molecule has 0 saturated carbocycles. The van der Waals surface area contributed by atoms with Gasteiger partial charge >= 0.3 is 6.09 Å². The second-order valence-electron chi connectivity index (χ2n) is 12.5. The van der Waals surface area contributed by atoms with Crippen molar-refractivity contribution >= 4 is 35.4 Å². The van der Waals surface area contributed by atoms with Crippen LogP contribution in [0.1, 0.15) is 48.0 Å². The van der Waals surface area contributed by atoms with Crippen LogP contribution in [0.2, 0.25) is 0 Å². The lowest BCUT2D eigenvalue weighted by Gasteiger charge is -2.41. The molecule has 0 spiro atoms. The molecule has 14 heteroatoms. The van der Waals surface area contributed by atoms with Crippen LogP contribution in [0.4, 0.5) is 10.5 Å². The Bertz CT molecular complexity index is 2010. The average Bonchev–Trinajstić information content (AvgIpc) is 3.77. The number of rotatable bonds is 11. The van der Waals surface area contributed by atoms with Crippen LogP contribution in [0.15, 0.2) is 114 Å². The number of imide groups is 1. The van der Waals surface area contributed by atoms with E-state index in [9.17, 15) is 19.5 Å². The van der Waals surface area contributed by atoms with E-state index in [1.807, 2.05) is 91.0 Å². The number of ether oxygens (including phenoxy) is 3. The van der Waals surface area contributed by atoms with Crippen molar-refractivity contribution in [2.75, 3.05) is 10.7 Å². The molecule has 0 radical (unpaired) electrons. The number of aliphatic hydroxyl groups is 1. The number of aromatic nitrogens is 4. The third kappa shape index (κ3) is 7.75. The van der Waals surface area contributed by atoms with Gasteiger partial charge in [-0.1, -0.05) is 104 Å². The molecule has 5 unspecified atom stereocenters. The number of alkyl carbamates (subject to hydrolysis) is 1. The van der Waals surface area contributed by atoms with Gasteiger partial charge in [-0.15, -0.1) is 5.10 Å². The number of nitrogens with zero attached hydrogens (tertiary/aromatic N) is 5. The number of carbonyl (C=O) groups excluding carboxylic acids is 3. The van der Waals surface area contributed by atoms with Gasteiger partial charge in [0.05, 0.1) is 36.6 Å². The molecular weight excluding hydrogens is 685 g/mol. The molecule has 2 saturated heterocycles. The minimum Gasteiger partial charge on any atom is -0.445 e. The number of amides is 3. The number of carbonyl (C=O) groups is 3. The first-order valence-corrected chi connectivity index (χ1v) is 17.8. The van der Waals surface area contributed by atoms with Crippen molar-refractivity contribution in [1.29, 1.82) is 0 Å². The SMILES string of the molecule is CC1C(CSc2nnnn2-c2ccccc2)OC(c2cccc(N3C(=O)CC(NC(=O)OCc4ccccc4)C3=O)c2)OC1c1ccc(CO)cc1. The molecule has 5 aromatic rings. The number of thioether (sulfide) groups is 1. The zero-order valence-electron chi connectivity index (χ0n) is 28.1. The lowest BCUT2D eigenvalue weighted by atomic mass is 9.91. The number of tetrazole rings is 1. The van der Waals surface area contributed by atoms with E-state index in [2.05, 4.69) is 27.8 Å². The summed E-state index contributed by atoms with van der Waals surface area (Å²) < 4.78 is 20.2. The number of nitrogens with one attached hydrogen (secondary N) is 1. The molecule has 2 aliphatic rings. The number of anilines is 1. The monoisotopic (exact) mass is 720 g/mol. The molecule has 1 aromatic heterocycles. The molecule has 2 aliphatic heterocycles. The summed E-state index contributed by atoms with van der Waals surface area (Å²) in [6.07, 6.45) is -2.57. The van der Waals surface area contributed by atoms with Gasteiger partial charge in [0.15, 0.2) is 6.29 Å². The zero-order chi connectivity index (χ0) is 36.0. The first kappa shape index (κ1) is 35.0. The third-order valence-electron chi connectivity index (χ3n) is 8.99. The van der Waals surface area contributed by atoms with Gasteiger partial charge in [-0.05, 0) is 51.4 Å². The molecule has 0 bridgehead atoms. The van der Waals surface area contributed by atoms with Crippen LogP contribution in [-0.2, 0) is 37.0 Å². The highest BCUT2D eigenvalue weighted by Crippen LogP contribution is 2.43. The molecule has 5 atom stereocenters. The first-order chi connectivity index (χ1) is 25.4. The molecule has 52 heavy (non-hydrogen) atoms. The highest BCUT2D eigenvalue weighted by atomic mass is 32.2. The fourth-order valence-corrected chi connectivity index (χ4v) is 7.25. The predicted molar refractivity (Wildman–Crippen MR) is 190 cm³/mol. The standard InChI is InChI=1S/C38H36N6O7S/c1-24-32(23-52-37-40-41-42-44(37)29-12-6-3-7-13-29)50-36(51-34(24)27-17-15-25(21-45)16-18-27)28-11-8-14-30(19-28)43-33(46)20-31(35(43)47)39-38(48)49-22-26-9-4-2-5-10-26/h2-19,24,31-32,34,36,45H,20-23H2,1H3,(H,39,48). The Morgan fingerprint density at radius 3 is 2.38 bits per heavy atom. The van der Waals surface area contributed by atoms with Crippen LogP contribution in [-0.4, -0.2) is 61.1 Å². The highest BCUT2D eigenvalue weighted by molar-refractivity contribution is 7.99. The Morgan fingerprint density at radius 2 is 1.63 bits per heavy atom. The van der Waals surface area contributed by atoms with Crippen molar-refractivity contribution in [3.05, 3.63) is 131 Å². The smallest absolute Gasteiger partial charge is 0.408 e. The van der Waals surface area contributed by atoms with E-state index in [-0.39, 0.29) is 31.7 Å². The second kappa shape index (κ2) is 15.9. The van der Waals surface area contributed by atoms with Crippen molar-refractivity contribution in [2.24, 2.45) is 5.92 Å². The molecular formula is C38H36N6O7S. The van der Waals surface area contributed by atoms with Gasteiger partial charge in [-0.25, -0.2) is 9.69 Å².